The normalized spacial score (nSPS) is 13.7. The molecule has 2 atom stereocenters. The van der Waals surface area contributed by atoms with Crippen LogP contribution < -0.4 is 5.32 Å². The number of nitrogens with one attached hydrogen (secondary N) is 1. The van der Waals surface area contributed by atoms with Gasteiger partial charge in [0.1, 0.15) is 5.82 Å². The molecule has 2 rings (SSSR count). The van der Waals surface area contributed by atoms with Gasteiger partial charge in [0, 0.05) is 4.47 Å². The van der Waals surface area contributed by atoms with Gasteiger partial charge >= 0.3 is 0 Å². The van der Waals surface area contributed by atoms with Gasteiger partial charge in [-0.15, -0.1) is 0 Å². The summed E-state index contributed by atoms with van der Waals surface area (Å²) >= 11 is 3.19. The molecular formula is C18H19BrFNO2. The van der Waals surface area contributed by atoms with Crippen molar-refractivity contribution in [1.82, 2.24) is 5.32 Å². The van der Waals surface area contributed by atoms with Gasteiger partial charge in [0.05, 0.1) is 17.7 Å². The number of aliphatic hydroxyl groups is 1. The number of aliphatic hydroxyl groups excluding tert-OH is 1. The number of rotatable bonds is 5. The van der Waals surface area contributed by atoms with Gasteiger partial charge in [-0.3, -0.25) is 4.79 Å². The van der Waals surface area contributed by atoms with E-state index in [0.717, 1.165) is 5.56 Å². The van der Waals surface area contributed by atoms with Crippen LogP contribution >= 0.6 is 15.9 Å². The third kappa shape index (κ3) is 4.39. The molecule has 5 heteroatoms. The third-order valence-corrected chi connectivity index (χ3v) is 4.33. The lowest BCUT2D eigenvalue weighted by molar-refractivity contribution is 0.0759. The van der Waals surface area contributed by atoms with E-state index in [2.05, 4.69) is 21.2 Å². The summed E-state index contributed by atoms with van der Waals surface area (Å²) < 4.78 is 13.5. The summed E-state index contributed by atoms with van der Waals surface area (Å²) in [5.74, 6) is -0.753. The van der Waals surface area contributed by atoms with Crippen molar-refractivity contribution in [2.45, 2.75) is 26.0 Å². The smallest absolute Gasteiger partial charge is 0.252 e. The van der Waals surface area contributed by atoms with Gasteiger partial charge in [0.2, 0.25) is 0 Å². The summed E-state index contributed by atoms with van der Waals surface area (Å²) in [6.07, 6.45) is -0.820. The van der Waals surface area contributed by atoms with Crippen molar-refractivity contribution < 1.29 is 14.3 Å². The van der Waals surface area contributed by atoms with Gasteiger partial charge in [-0.05, 0) is 45.6 Å². The van der Waals surface area contributed by atoms with Gasteiger partial charge in [0.15, 0.2) is 0 Å². The largest absolute Gasteiger partial charge is 0.386 e. The van der Waals surface area contributed by atoms with E-state index >= 15 is 0 Å². The summed E-state index contributed by atoms with van der Waals surface area (Å²) in [6.45, 7) is 3.85. The highest BCUT2D eigenvalue weighted by Crippen LogP contribution is 2.23. The molecule has 0 aliphatic heterocycles. The van der Waals surface area contributed by atoms with Crippen molar-refractivity contribution in [2.24, 2.45) is 5.92 Å². The Morgan fingerprint density at radius 2 is 1.83 bits per heavy atom. The average Bonchev–Trinajstić information content (AvgIpc) is 2.52. The summed E-state index contributed by atoms with van der Waals surface area (Å²) in [5.41, 5.74) is 1.07. The van der Waals surface area contributed by atoms with E-state index in [1.807, 2.05) is 44.2 Å². The molecular weight excluding hydrogens is 361 g/mol. The number of benzene rings is 2. The van der Waals surface area contributed by atoms with Crippen LogP contribution in [0.15, 0.2) is 53.0 Å². The number of halogens is 2. The van der Waals surface area contributed by atoms with E-state index in [0.29, 0.717) is 10.0 Å². The molecule has 0 radical (unpaired) electrons. The molecule has 0 unspecified atom stereocenters. The van der Waals surface area contributed by atoms with Crippen molar-refractivity contribution in [3.63, 3.8) is 0 Å². The molecule has 0 fully saturated rings. The van der Waals surface area contributed by atoms with E-state index in [-0.39, 0.29) is 11.8 Å². The predicted molar refractivity (Wildman–Crippen MR) is 91.6 cm³/mol. The molecule has 0 saturated heterocycles. The summed E-state index contributed by atoms with van der Waals surface area (Å²) in [5, 5.41) is 13.4. The van der Waals surface area contributed by atoms with Crippen LogP contribution in [0.5, 0.6) is 0 Å². The first-order valence-corrected chi connectivity index (χ1v) is 8.18. The van der Waals surface area contributed by atoms with Crippen molar-refractivity contribution in [2.75, 3.05) is 0 Å². The Hall–Kier alpha value is -1.72. The van der Waals surface area contributed by atoms with E-state index in [1.54, 1.807) is 0 Å². The highest BCUT2D eigenvalue weighted by Gasteiger charge is 2.26. The number of hydrogen-bond acceptors (Lipinski definition) is 2. The van der Waals surface area contributed by atoms with E-state index in [4.69, 9.17) is 0 Å². The maximum atomic E-state index is 13.1. The lowest BCUT2D eigenvalue weighted by atomic mass is 9.93. The van der Waals surface area contributed by atoms with Gasteiger partial charge in [-0.1, -0.05) is 44.2 Å². The van der Waals surface area contributed by atoms with Crippen molar-refractivity contribution in [1.29, 1.82) is 0 Å². The standard InChI is InChI=1S/C18H19BrFNO2/c1-11(2)16(17(22)12-6-4-3-5-7-12)21-18(23)14-9-8-13(20)10-15(14)19/h3-11,16-17,22H,1-2H3,(H,21,23)/t16-,17+/m0/s1. The fraction of sp³-hybridized carbons (Fsp3) is 0.278. The van der Waals surface area contributed by atoms with Gasteiger partial charge in [-0.2, -0.15) is 0 Å². The summed E-state index contributed by atoms with van der Waals surface area (Å²) in [6, 6.07) is 12.6. The molecule has 0 aliphatic carbocycles. The Bertz CT molecular complexity index is 676. The van der Waals surface area contributed by atoms with Crippen LogP contribution in [0.3, 0.4) is 0 Å². The zero-order chi connectivity index (χ0) is 17.0. The van der Waals surface area contributed by atoms with Gasteiger partial charge in [0.25, 0.3) is 5.91 Å². The zero-order valence-corrected chi connectivity index (χ0v) is 14.5. The average molecular weight is 380 g/mol. The van der Waals surface area contributed by atoms with Crippen LogP contribution in [-0.4, -0.2) is 17.1 Å². The first-order valence-electron chi connectivity index (χ1n) is 7.39. The summed E-state index contributed by atoms with van der Waals surface area (Å²) in [4.78, 5) is 12.5. The second-order valence-electron chi connectivity index (χ2n) is 5.72. The van der Waals surface area contributed by atoms with Crippen LogP contribution in [0.1, 0.15) is 35.9 Å². The fourth-order valence-electron chi connectivity index (χ4n) is 2.37. The molecule has 23 heavy (non-hydrogen) atoms. The number of carbonyl (C=O) groups excluding carboxylic acids is 1. The second kappa shape index (κ2) is 7.70. The molecule has 3 nitrogen and oxygen atoms in total. The van der Waals surface area contributed by atoms with E-state index in [9.17, 15) is 14.3 Å². The molecule has 0 heterocycles. The lowest BCUT2D eigenvalue weighted by Crippen LogP contribution is -2.43. The molecule has 2 N–H and O–H groups in total. The van der Waals surface area contributed by atoms with Crippen LogP contribution in [-0.2, 0) is 0 Å². The van der Waals surface area contributed by atoms with Crippen molar-refractivity contribution in [3.05, 3.63) is 69.9 Å². The van der Waals surface area contributed by atoms with Crippen LogP contribution in [0.2, 0.25) is 0 Å². The molecule has 2 aromatic carbocycles. The van der Waals surface area contributed by atoms with Gasteiger partial charge < -0.3 is 10.4 Å². The molecule has 2 aromatic rings. The molecule has 1 amide bonds. The second-order valence-corrected chi connectivity index (χ2v) is 6.58. The molecule has 0 spiro atoms. The minimum Gasteiger partial charge on any atom is -0.386 e. The van der Waals surface area contributed by atoms with Crippen LogP contribution in [0.4, 0.5) is 4.39 Å². The highest BCUT2D eigenvalue weighted by atomic mass is 79.9. The first-order chi connectivity index (χ1) is 10.9. The Labute approximate surface area is 143 Å². The number of hydrogen-bond donors (Lipinski definition) is 2. The maximum Gasteiger partial charge on any atom is 0.252 e. The lowest BCUT2D eigenvalue weighted by Gasteiger charge is -2.28. The minimum atomic E-state index is -0.820. The highest BCUT2D eigenvalue weighted by molar-refractivity contribution is 9.10. The minimum absolute atomic E-state index is 0.0216. The number of amides is 1. The van der Waals surface area contributed by atoms with Crippen molar-refractivity contribution in [3.8, 4) is 0 Å². The quantitative estimate of drug-likeness (QED) is 0.822. The molecule has 0 saturated carbocycles. The van der Waals surface area contributed by atoms with Crippen LogP contribution in [0, 0.1) is 11.7 Å². The first kappa shape index (κ1) is 17.6. The fourth-order valence-corrected chi connectivity index (χ4v) is 2.90. The topological polar surface area (TPSA) is 49.3 Å². The third-order valence-electron chi connectivity index (χ3n) is 3.67. The summed E-state index contributed by atoms with van der Waals surface area (Å²) in [7, 11) is 0. The molecule has 122 valence electrons. The van der Waals surface area contributed by atoms with Gasteiger partial charge in [-0.25, -0.2) is 4.39 Å². The van der Waals surface area contributed by atoms with Crippen molar-refractivity contribution >= 4 is 21.8 Å². The van der Waals surface area contributed by atoms with E-state index < -0.39 is 18.0 Å². The predicted octanol–water partition coefficient (Wildman–Crippen LogP) is 4.08. The Balaban J connectivity index is 2.21. The Morgan fingerprint density at radius 1 is 1.17 bits per heavy atom. The van der Waals surface area contributed by atoms with E-state index in [1.165, 1.54) is 18.2 Å². The number of carbonyl (C=O) groups is 1. The monoisotopic (exact) mass is 379 g/mol. The molecule has 0 aliphatic rings. The molecule has 0 bridgehead atoms. The van der Waals surface area contributed by atoms with Crippen LogP contribution in [0.25, 0.3) is 0 Å². The maximum absolute atomic E-state index is 13.1. The molecule has 0 aromatic heterocycles. The Kier molecular flexibility index (Phi) is 5.91. The SMILES string of the molecule is CC(C)[C@H](NC(=O)c1ccc(F)cc1Br)[C@H](O)c1ccccc1. The Morgan fingerprint density at radius 3 is 2.39 bits per heavy atom. The zero-order valence-electron chi connectivity index (χ0n) is 13.0.